The molecular weight excluding hydrogens is 471 g/mol. The highest BCUT2D eigenvalue weighted by Gasteiger charge is 2.33. The van der Waals surface area contributed by atoms with Crippen molar-refractivity contribution < 1.29 is 33.0 Å². The highest BCUT2D eigenvalue weighted by atomic mass is 19.1. The average molecular weight is 501 g/mol. The minimum Gasteiger partial charge on any atom is -0.487 e. The molecule has 0 unspecified atom stereocenters. The lowest BCUT2D eigenvalue weighted by atomic mass is 10.1. The van der Waals surface area contributed by atoms with Gasteiger partial charge in [-0.1, -0.05) is 0 Å². The monoisotopic (exact) mass is 500 g/mol. The minimum atomic E-state index is -0.597. The van der Waals surface area contributed by atoms with E-state index in [9.17, 15) is 18.8 Å². The van der Waals surface area contributed by atoms with E-state index in [1.54, 1.807) is 23.4 Å². The smallest absolute Gasteiger partial charge is 0.414 e. The van der Waals surface area contributed by atoms with Gasteiger partial charge in [-0.15, -0.1) is 0 Å². The number of nitrogens with one attached hydrogen (secondary N) is 1. The first-order valence-corrected chi connectivity index (χ1v) is 11.8. The maximum atomic E-state index is 14.8. The molecule has 0 radical (unpaired) electrons. The second-order valence-electron chi connectivity index (χ2n) is 8.71. The summed E-state index contributed by atoms with van der Waals surface area (Å²) in [6, 6.07) is 7.99. The SMILES string of the molecule is CC(=O)NC[C@H]1CN(c2ccc(OC3CCN(C(=O)COCc4ccncc4)CC3)c(F)c2)C(=O)O1. The number of benzene rings is 1. The Kier molecular flexibility index (Phi) is 8.32. The number of piperidine rings is 1. The summed E-state index contributed by atoms with van der Waals surface area (Å²) >= 11 is 0. The number of halogens is 1. The maximum Gasteiger partial charge on any atom is 0.414 e. The van der Waals surface area contributed by atoms with Crippen molar-refractivity contribution in [3.8, 4) is 5.75 Å². The summed E-state index contributed by atoms with van der Waals surface area (Å²) in [6.45, 7) is 3.11. The predicted octanol–water partition coefficient (Wildman–Crippen LogP) is 2.27. The van der Waals surface area contributed by atoms with Crippen LogP contribution < -0.4 is 15.0 Å². The van der Waals surface area contributed by atoms with Crippen LogP contribution in [-0.2, 0) is 25.7 Å². The lowest BCUT2D eigenvalue weighted by Gasteiger charge is -2.32. The van der Waals surface area contributed by atoms with Gasteiger partial charge in [-0.2, -0.15) is 0 Å². The van der Waals surface area contributed by atoms with Crippen molar-refractivity contribution in [3.63, 3.8) is 0 Å². The minimum absolute atomic E-state index is 0.00541. The molecule has 3 amide bonds. The van der Waals surface area contributed by atoms with Crippen LogP contribution >= 0.6 is 0 Å². The fourth-order valence-corrected chi connectivity index (χ4v) is 4.08. The molecule has 10 nitrogen and oxygen atoms in total. The number of aromatic nitrogens is 1. The normalized spacial score (nSPS) is 18.2. The van der Waals surface area contributed by atoms with Crippen molar-refractivity contribution in [2.75, 3.05) is 37.7 Å². The maximum absolute atomic E-state index is 14.8. The van der Waals surface area contributed by atoms with Gasteiger partial charge in [0.05, 0.1) is 25.4 Å². The Hall–Kier alpha value is -3.73. The average Bonchev–Trinajstić information content (AvgIpc) is 3.25. The lowest BCUT2D eigenvalue weighted by Crippen LogP contribution is -2.43. The van der Waals surface area contributed by atoms with Crippen molar-refractivity contribution in [2.24, 2.45) is 0 Å². The highest BCUT2D eigenvalue weighted by Crippen LogP contribution is 2.29. The van der Waals surface area contributed by atoms with Gasteiger partial charge in [-0.25, -0.2) is 9.18 Å². The molecule has 0 saturated carbocycles. The number of likely N-dealkylation sites (tertiary alicyclic amines) is 1. The van der Waals surface area contributed by atoms with Gasteiger partial charge < -0.3 is 24.4 Å². The van der Waals surface area contributed by atoms with Gasteiger partial charge in [-0.05, 0) is 29.8 Å². The van der Waals surface area contributed by atoms with Crippen LogP contribution in [0.1, 0.15) is 25.3 Å². The molecule has 2 aliphatic rings. The fraction of sp³-hybridized carbons (Fsp3) is 0.440. The number of pyridine rings is 1. The van der Waals surface area contributed by atoms with E-state index in [1.807, 2.05) is 12.1 Å². The summed E-state index contributed by atoms with van der Waals surface area (Å²) in [5.41, 5.74) is 1.30. The zero-order chi connectivity index (χ0) is 25.5. The van der Waals surface area contributed by atoms with Gasteiger partial charge in [-0.3, -0.25) is 19.5 Å². The lowest BCUT2D eigenvalue weighted by molar-refractivity contribution is -0.138. The second kappa shape index (κ2) is 11.8. The van der Waals surface area contributed by atoms with Crippen LogP contribution in [-0.4, -0.2) is 72.8 Å². The molecule has 192 valence electrons. The van der Waals surface area contributed by atoms with Crippen LogP contribution in [0, 0.1) is 5.82 Å². The van der Waals surface area contributed by atoms with Crippen LogP contribution in [0.3, 0.4) is 0 Å². The summed E-state index contributed by atoms with van der Waals surface area (Å²) in [5, 5.41) is 2.60. The Morgan fingerprint density at radius 1 is 1.19 bits per heavy atom. The van der Waals surface area contributed by atoms with Crippen LogP contribution in [0.15, 0.2) is 42.7 Å². The van der Waals surface area contributed by atoms with E-state index < -0.39 is 18.0 Å². The molecule has 36 heavy (non-hydrogen) atoms. The number of carbonyl (C=O) groups is 3. The van der Waals surface area contributed by atoms with Gasteiger partial charge in [0.2, 0.25) is 11.8 Å². The first-order chi connectivity index (χ1) is 17.4. The van der Waals surface area contributed by atoms with Crippen molar-refractivity contribution >= 4 is 23.6 Å². The van der Waals surface area contributed by atoms with E-state index in [0.29, 0.717) is 38.2 Å². The summed E-state index contributed by atoms with van der Waals surface area (Å²) in [5.74, 6) is -0.811. The third-order valence-corrected chi connectivity index (χ3v) is 6.01. The number of ether oxygens (including phenoxy) is 3. The molecule has 0 bridgehead atoms. The Morgan fingerprint density at radius 3 is 2.64 bits per heavy atom. The number of cyclic esters (lactones) is 1. The molecule has 1 aromatic carbocycles. The molecule has 0 aliphatic carbocycles. The van der Waals surface area contributed by atoms with Gasteiger partial charge in [0.15, 0.2) is 11.6 Å². The number of carbonyl (C=O) groups excluding carboxylic acids is 3. The number of hydrogen-bond acceptors (Lipinski definition) is 7. The number of nitrogens with zero attached hydrogens (tertiary/aromatic N) is 3. The Balaban J connectivity index is 1.22. The third kappa shape index (κ3) is 6.69. The van der Waals surface area contributed by atoms with E-state index in [1.165, 1.54) is 24.0 Å². The molecule has 3 heterocycles. The summed E-state index contributed by atoms with van der Waals surface area (Å²) < 4.78 is 31.4. The van der Waals surface area contributed by atoms with Crippen LogP contribution in [0.25, 0.3) is 0 Å². The zero-order valence-corrected chi connectivity index (χ0v) is 20.0. The molecule has 0 spiro atoms. The van der Waals surface area contributed by atoms with Gasteiger partial charge in [0, 0.05) is 51.3 Å². The van der Waals surface area contributed by atoms with Gasteiger partial charge in [0.25, 0.3) is 0 Å². The number of hydrogen-bond donors (Lipinski definition) is 1. The van der Waals surface area contributed by atoms with Crippen molar-refractivity contribution in [2.45, 2.75) is 38.6 Å². The molecule has 2 aromatic rings. The Morgan fingerprint density at radius 2 is 1.94 bits per heavy atom. The second-order valence-corrected chi connectivity index (χ2v) is 8.71. The van der Waals surface area contributed by atoms with Gasteiger partial charge >= 0.3 is 6.09 Å². The standard InChI is InChI=1S/C25H29FN4O6/c1-17(31)28-13-21-14-30(25(33)36-21)19-2-3-23(22(26)12-19)35-20-6-10-29(11-7-20)24(32)16-34-15-18-4-8-27-9-5-18/h2-5,8-9,12,20-21H,6-7,10-11,13-16H2,1H3,(H,28,31)/t21-/m0/s1. The van der Waals surface area contributed by atoms with Crippen molar-refractivity contribution in [3.05, 3.63) is 54.1 Å². The van der Waals surface area contributed by atoms with Crippen molar-refractivity contribution in [1.29, 1.82) is 0 Å². The quantitative estimate of drug-likeness (QED) is 0.562. The van der Waals surface area contributed by atoms with Crippen LogP contribution in [0.2, 0.25) is 0 Å². The van der Waals surface area contributed by atoms with E-state index >= 15 is 0 Å². The number of rotatable bonds is 9. The van der Waals surface area contributed by atoms with E-state index in [2.05, 4.69) is 10.3 Å². The van der Waals surface area contributed by atoms with Crippen LogP contribution in [0.4, 0.5) is 14.9 Å². The summed E-state index contributed by atoms with van der Waals surface area (Å²) in [6.07, 6.45) is 3.16. The van der Waals surface area contributed by atoms with Crippen LogP contribution in [0.5, 0.6) is 5.75 Å². The zero-order valence-electron chi connectivity index (χ0n) is 20.0. The highest BCUT2D eigenvalue weighted by molar-refractivity contribution is 5.90. The Labute approximate surface area is 208 Å². The molecule has 1 aromatic heterocycles. The van der Waals surface area contributed by atoms with Crippen molar-refractivity contribution in [1.82, 2.24) is 15.2 Å². The van der Waals surface area contributed by atoms with E-state index in [4.69, 9.17) is 14.2 Å². The fourth-order valence-electron chi connectivity index (χ4n) is 4.08. The molecule has 4 rings (SSSR count). The Bertz CT molecular complexity index is 1080. The van der Waals surface area contributed by atoms with Gasteiger partial charge in [0.1, 0.15) is 18.8 Å². The first-order valence-electron chi connectivity index (χ1n) is 11.8. The first kappa shape index (κ1) is 25.4. The predicted molar refractivity (Wildman–Crippen MR) is 127 cm³/mol. The molecule has 2 aliphatic heterocycles. The summed E-state index contributed by atoms with van der Waals surface area (Å²) in [7, 11) is 0. The summed E-state index contributed by atoms with van der Waals surface area (Å²) in [4.78, 5) is 42.6. The van der Waals surface area contributed by atoms with E-state index in [0.717, 1.165) is 5.56 Å². The largest absolute Gasteiger partial charge is 0.487 e. The number of amides is 3. The molecule has 2 saturated heterocycles. The third-order valence-electron chi connectivity index (χ3n) is 6.01. The topological polar surface area (TPSA) is 110 Å². The molecule has 2 fully saturated rings. The molecule has 1 N–H and O–H groups in total. The van der Waals surface area contributed by atoms with E-state index in [-0.39, 0.29) is 43.4 Å². The molecular formula is C25H29FN4O6. The molecule has 11 heteroatoms. The molecule has 1 atom stereocenters. The number of anilines is 1.